The van der Waals surface area contributed by atoms with Gasteiger partial charge in [0.2, 0.25) is 5.28 Å². The average molecular weight is 227 g/mol. The number of hydrogen-bond donors (Lipinski definition) is 1. The van der Waals surface area contributed by atoms with E-state index in [1.54, 1.807) is 6.20 Å². The fraction of sp³-hybridized carbons (Fsp3) is 0.600. The topological polar surface area (TPSA) is 55.0 Å². The molecule has 5 heteroatoms. The van der Waals surface area contributed by atoms with E-state index in [2.05, 4.69) is 14.9 Å². The lowest BCUT2D eigenvalue weighted by Crippen LogP contribution is -2.35. The molecule has 0 unspecified atom stereocenters. The molecule has 0 aromatic carbocycles. The number of nitrogens with zero attached hydrogens (tertiary/aromatic N) is 3. The summed E-state index contributed by atoms with van der Waals surface area (Å²) in [7, 11) is 0. The molecule has 1 aliphatic rings. The van der Waals surface area contributed by atoms with E-state index in [1.165, 1.54) is 12.8 Å². The van der Waals surface area contributed by atoms with Gasteiger partial charge < -0.3 is 5.73 Å². The monoisotopic (exact) mass is 226 g/mol. The van der Waals surface area contributed by atoms with Crippen molar-refractivity contribution in [2.24, 2.45) is 5.73 Å². The second-order valence-electron chi connectivity index (χ2n) is 3.82. The maximum absolute atomic E-state index is 5.74. The van der Waals surface area contributed by atoms with E-state index >= 15 is 0 Å². The van der Waals surface area contributed by atoms with Crippen molar-refractivity contribution in [1.29, 1.82) is 0 Å². The standard InChI is InChI=1S/C10H15ClN4/c11-10-13-4-3-8(14-10)7-15-5-1-2-9(15)6-12/h3-4,9H,1-2,5-7,12H2/t9-/m0/s1. The zero-order valence-corrected chi connectivity index (χ0v) is 9.32. The van der Waals surface area contributed by atoms with Gasteiger partial charge in [-0.05, 0) is 37.1 Å². The summed E-state index contributed by atoms with van der Waals surface area (Å²) in [6.07, 6.45) is 4.11. The molecule has 0 bridgehead atoms. The van der Waals surface area contributed by atoms with Crippen LogP contribution in [0.3, 0.4) is 0 Å². The number of likely N-dealkylation sites (tertiary alicyclic amines) is 1. The fourth-order valence-corrected chi connectivity index (χ4v) is 2.20. The number of halogens is 1. The first-order valence-electron chi connectivity index (χ1n) is 5.21. The molecule has 0 radical (unpaired) electrons. The van der Waals surface area contributed by atoms with Crippen molar-refractivity contribution in [3.63, 3.8) is 0 Å². The predicted molar refractivity (Wildman–Crippen MR) is 59.5 cm³/mol. The van der Waals surface area contributed by atoms with Gasteiger partial charge in [-0.25, -0.2) is 9.97 Å². The molecule has 2 rings (SSSR count). The predicted octanol–water partition coefficient (Wildman–Crippen LogP) is 1.05. The quantitative estimate of drug-likeness (QED) is 0.783. The first-order valence-corrected chi connectivity index (χ1v) is 5.59. The molecule has 4 nitrogen and oxygen atoms in total. The molecular formula is C10H15ClN4. The normalized spacial score (nSPS) is 22.1. The molecule has 0 spiro atoms. The molecule has 1 aromatic heterocycles. The van der Waals surface area contributed by atoms with Crippen LogP contribution in [0.1, 0.15) is 18.5 Å². The zero-order chi connectivity index (χ0) is 10.7. The molecule has 1 fully saturated rings. The average Bonchev–Trinajstić information content (AvgIpc) is 2.65. The van der Waals surface area contributed by atoms with Crippen LogP contribution in [0.5, 0.6) is 0 Å². The Labute approximate surface area is 94.5 Å². The van der Waals surface area contributed by atoms with Crippen molar-refractivity contribution in [3.8, 4) is 0 Å². The van der Waals surface area contributed by atoms with Crippen LogP contribution in [-0.4, -0.2) is 34.0 Å². The van der Waals surface area contributed by atoms with Crippen LogP contribution in [-0.2, 0) is 6.54 Å². The van der Waals surface area contributed by atoms with Crippen LogP contribution in [0.25, 0.3) is 0 Å². The van der Waals surface area contributed by atoms with Crippen LogP contribution in [0.4, 0.5) is 0 Å². The Hall–Kier alpha value is -0.710. The highest BCUT2D eigenvalue weighted by atomic mass is 35.5. The summed E-state index contributed by atoms with van der Waals surface area (Å²) >= 11 is 5.74. The third-order valence-corrected chi connectivity index (χ3v) is 3.00. The number of nitrogens with two attached hydrogens (primary N) is 1. The van der Waals surface area contributed by atoms with Gasteiger partial charge in [0.1, 0.15) is 0 Å². The van der Waals surface area contributed by atoms with Crippen LogP contribution in [0.2, 0.25) is 5.28 Å². The van der Waals surface area contributed by atoms with Crippen LogP contribution >= 0.6 is 11.6 Å². The highest BCUT2D eigenvalue weighted by Crippen LogP contribution is 2.18. The summed E-state index contributed by atoms with van der Waals surface area (Å²) in [5, 5.41) is 0.316. The largest absolute Gasteiger partial charge is 0.329 e. The van der Waals surface area contributed by atoms with E-state index in [0.717, 1.165) is 25.3 Å². The maximum atomic E-state index is 5.74. The second-order valence-corrected chi connectivity index (χ2v) is 4.16. The lowest BCUT2D eigenvalue weighted by atomic mass is 10.2. The summed E-state index contributed by atoms with van der Waals surface area (Å²) in [6.45, 7) is 2.65. The van der Waals surface area contributed by atoms with E-state index in [9.17, 15) is 0 Å². The minimum Gasteiger partial charge on any atom is -0.329 e. The van der Waals surface area contributed by atoms with Gasteiger partial charge in [-0.1, -0.05) is 0 Å². The summed E-state index contributed by atoms with van der Waals surface area (Å²) in [4.78, 5) is 10.4. The molecule has 2 heterocycles. The van der Waals surface area contributed by atoms with Gasteiger partial charge in [0, 0.05) is 25.3 Å². The van der Waals surface area contributed by atoms with Crippen molar-refractivity contribution in [1.82, 2.24) is 14.9 Å². The Morgan fingerprint density at radius 2 is 2.47 bits per heavy atom. The van der Waals surface area contributed by atoms with Gasteiger partial charge in [-0.15, -0.1) is 0 Å². The Balaban J connectivity index is 2.02. The molecule has 82 valence electrons. The lowest BCUT2D eigenvalue weighted by molar-refractivity contribution is 0.247. The van der Waals surface area contributed by atoms with Gasteiger partial charge in [-0.2, -0.15) is 0 Å². The third kappa shape index (κ3) is 2.65. The SMILES string of the molecule is NC[C@@H]1CCCN1Cc1ccnc(Cl)n1. The highest BCUT2D eigenvalue weighted by molar-refractivity contribution is 6.28. The molecule has 0 amide bonds. The van der Waals surface area contributed by atoms with Crippen LogP contribution in [0.15, 0.2) is 12.3 Å². The van der Waals surface area contributed by atoms with Crippen molar-refractivity contribution in [2.75, 3.05) is 13.1 Å². The first kappa shape index (κ1) is 10.8. The summed E-state index contributed by atoms with van der Waals surface area (Å²) in [6, 6.07) is 2.40. The summed E-state index contributed by atoms with van der Waals surface area (Å²) in [5.41, 5.74) is 6.68. The van der Waals surface area contributed by atoms with E-state index in [0.29, 0.717) is 11.3 Å². The van der Waals surface area contributed by atoms with Gasteiger partial charge in [0.05, 0.1) is 5.69 Å². The Bertz CT molecular complexity index is 331. The molecular weight excluding hydrogens is 212 g/mol. The van der Waals surface area contributed by atoms with Crippen LogP contribution in [0, 0.1) is 0 Å². The fourth-order valence-electron chi connectivity index (χ4n) is 2.04. The van der Waals surface area contributed by atoms with Gasteiger partial charge in [0.25, 0.3) is 0 Å². The number of hydrogen-bond acceptors (Lipinski definition) is 4. The molecule has 1 atom stereocenters. The number of aromatic nitrogens is 2. The van der Waals surface area contributed by atoms with E-state index in [-0.39, 0.29) is 0 Å². The molecule has 0 saturated carbocycles. The summed E-state index contributed by atoms with van der Waals surface area (Å²) in [5.74, 6) is 0. The smallest absolute Gasteiger partial charge is 0.222 e. The molecule has 1 saturated heterocycles. The lowest BCUT2D eigenvalue weighted by Gasteiger charge is -2.22. The highest BCUT2D eigenvalue weighted by Gasteiger charge is 2.23. The third-order valence-electron chi connectivity index (χ3n) is 2.82. The Kier molecular flexibility index (Phi) is 3.51. The van der Waals surface area contributed by atoms with Crippen LogP contribution < -0.4 is 5.73 Å². The van der Waals surface area contributed by atoms with Crippen molar-refractivity contribution in [3.05, 3.63) is 23.2 Å². The van der Waals surface area contributed by atoms with Crippen molar-refractivity contribution >= 4 is 11.6 Å². The van der Waals surface area contributed by atoms with E-state index in [4.69, 9.17) is 17.3 Å². The Morgan fingerprint density at radius 3 is 3.20 bits per heavy atom. The van der Waals surface area contributed by atoms with E-state index in [1.807, 2.05) is 6.07 Å². The van der Waals surface area contributed by atoms with Gasteiger partial charge >= 0.3 is 0 Å². The first-order chi connectivity index (χ1) is 7.29. The zero-order valence-electron chi connectivity index (χ0n) is 8.56. The van der Waals surface area contributed by atoms with Crippen molar-refractivity contribution in [2.45, 2.75) is 25.4 Å². The molecule has 2 N–H and O–H groups in total. The molecule has 15 heavy (non-hydrogen) atoms. The maximum Gasteiger partial charge on any atom is 0.222 e. The van der Waals surface area contributed by atoms with Crippen molar-refractivity contribution < 1.29 is 0 Å². The van der Waals surface area contributed by atoms with E-state index < -0.39 is 0 Å². The molecule has 1 aliphatic heterocycles. The summed E-state index contributed by atoms with van der Waals surface area (Å²) < 4.78 is 0. The second kappa shape index (κ2) is 4.88. The number of rotatable bonds is 3. The van der Waals surface area contributed by atoms with Gasteiger partial charge in [0.15, 0.2) is 0 Å². The molecule has 0 aliphatic carbocycles. The minimum atomic E-state index is 0.316. The molecule has 1 aromatic rings. The Morgan fingerprint density at radius 1 is 1.60 bits per heavy atom. The minimum absolute atomic E-state index is 0.316. The van der Waals surface area contributed by atoms with Gasteiger partial charge in [-0.3, -0.25) is 4.90 Å².